The molecule has 7 heteroatoms. The van der Waals surface area contributed by atoms with Crippen LogP contribution in [0.15, 0.2) is 23.1 Å². The maximum atomic E-state index is 12.3. The summed E-state index contributed by atoms with van der Waals surface area (Å²) in [6.45, 7) is 2.26. The molecule has 0 spiro atoms. The third-order valence-electron chi connectivity index (χ3n) is 3.28. The van der Waals surface area contributed by atoms with Crippen LogP contribution in [0, 0.1) is 0 Å². The number of pyridine rings is 1. The highest BCUT2D eigenvalue weighted by Crippen LogP contribution is 2.19. The summed E-state index contributed by atoms with van der Waals surface area (Å²) in [5.41, 5.74) is 0.0915. The molecule has 0 radical (unpaired) electrons. The van der Waals surface area contributed by atoms with E-state index in [0.29, 0.717) is 18.5 Å². The standard InChI is InChI=1S/C12H16N2O4S/c1-2-14(10-5-6-19(17,18)8-10)12(16)9-3-4-11(15)13-7-9/h3-4,7,10H,2,5-6,8H2,1H3,(H,13,15). The fraction of sp³-hybridized carbons (Fsp3) is 0.500. The van der Waals surface area contributed by atoms with Crippen LogP contribution >= 0.6 is 0 Å². The number of nitrogens with zero attached hydrogens (tertiary/aromatic N) is 1. The Hall–Kier alpha value is -1.63. The monoisotopic (exact) mass is 284 g/mol. The number of aromatic nitrogens is 1. The lowest BCUT2D eigenvalue weighted by molar-refractivity contribution is 0.0708. The molecule has 0 saturated carbocycles. The first-order valence-corrected chi connectivity index (χ1v) is 7.95. The Labute approximate surface area is 111 Å². The Balaban J connectivity index is 2.20. The molecular formula is C12H16N2O4S. The van der Waals surface area contributed by atoms with Crippen molar-refractivity contribution >= 4 is 15.7 Å². The predicted molar refractivity (Wildman–Crippen MR) is 70.8 cm³/mol. The molecule has 1 unspecified atom stereocenters. The van der Waals surface area contributed by atoms with Crippen LogP contribution in [-0.4, -0.2) is 48.3 Å². The lowest BCUT2D eigenvalue weighted by Gasteiger charge is -2.26. The first-order chi connectivity index (χ1) is 8.93. The largest absolute Gasteiger partial charge is 0.335 e. The summed E-state index contributed by atoms with van der Waals surface area (Å²) in [4.78, 5) is 27.3. The number of aromatic amines is 1. The number of amides is 1. The van der Waals surface area contributed by atoms with Crippen LogP contribution in [0.25, 0.3) is 0 Å². The lowest BCUT2D eigenvalue weighted by atomic mass is 10.1. The Kier molecular flexibility index (Phi) is 3.75. The van der Waals surface area contributed by atoms with Gasteiger partial charge in [0, 0.05) is 24.8 Å². The molecular weight excluding hydrogens is 268 g/mol. The summed E-state index contributed by atoms with van der Waals surface area (Å²) >= 11 is 0. The number of hydrogen-bond acceptors (Lipinski definition) is 4. The normalized spacial score (nSPS) is 21.2. The molecule has 1 amide bonds. The van der Waals surface area contributed by atoms with E-state index in [4.69, 9.17) is 0 Å². The van der Waals surface area contributed by atoms with Crippen molar-refractivity contribution in [2.75, 3.05) is 18.1 Å². The first-order valence-electron chi connectivity index (χ1n) is 6.13. The molecule has 1 atom stereocenters. The van der Waals surface area contributed by atoms with Gasteiger partial charge in [-0.1, -0.05) is 0 Å². The van der Waals surface area contributed by atoms with Crippen LogP contribution in [0.2, 0.25) is 0 Å². The van der Waals surface area contributed by atoms with Crippen LogP contribution in [-0.2, 0) is 9.84 Å². The van der Waals surface area contributed by atoms with Gasteiger partial charge < -0.3 is 9.88 Å². The fourth-order valence-corrected chi connectivity index (χ4v) is 4.03. The van der Waals surface area contributed by atoms with Gasteiger partial charge in [0.25, 0.3) is 5.91 Å². The van der Waals surface area contributed by atoms with Crippen LogP contribution in [0.3, 0.4) is 0 Å². The van der Waals surface area contributed by atoms with E-state index >= 15 is 0 Å². The van der Waals surface area contributed by atoms with Gasteiger partial charge in [0.1, 0.15) is 0 Å². The molecule has 1 aliphatic rings. The smallest absolute Gasteiger partial charge is 0.255 e. The SMILES string of the molecule is CCN(C(=O)c1ccc(=O)[nH]c1)C1CCS(=O)(=O)C1. The molecule has 1 N–H and O–H groups in total. The fourth-order valence-electron chi connectivity index (χ4n) is 2.30. The number of hydrogen-bond donors (Lipinski definition) is 1. The topological polar surface area (TPSA) is 87.3 Å². The van der Waals surface area contributed by atoms with E-state index in [1.807, 2.05) is 6.92 Å². The Morgan fingerprint density at radius 1 is 1.47 bits per heavy atom. The zero-order chi connectivity index (χ0) is 14.0. The molecule has 0 bridgehead atoms. The minimum absolute atomic E-state index is 0.0237. The van der Waals surface area contributed by atoms with Crippen LogP contribution in [0.4, 0.5) is 0 Å². The Morgan fingerprint density at radius 2 is 2.21 bits per heavy atom. The second-order valence-electron chi connectivity index (χ2n) is 4.59. The molecule has 0 aliphatic carbocycles. The predicted octanol–water partition coefficient (Wildman–Crippen LogP) is 0.0241. The summed E-state index contributed by atoms with van der Waals surface area (Å²) in [6, 6.07) is 2.47. The average Bonchev–Trinajstić information content (AvgIpc) is 2.71. The Morgan fingerprint density at radius 3 is 2.68 bits per heavy atom. The number of sulfone groups is 1. The summed E-state index contributed by atoms with van der Waals surface area (Å²) in [6.07, 6.45) is 1.84. The summed E-state index contributed by atoms with van der Waals surface area (Å²) in [5, 5.41) is 0. The molecule has 1 aromatic heterocycles. The summed E-state index contributed by atoms with van der Waals surface area (Å²) in [5.74, 6) is -0.0935. The van der Waals surface area contributed by atoms with Crippen LogP contribution in [0.1, 0.15) is 23.7 Å². The van der Waals surface area contributed by atoms with E-state index in [1.54, 1.807) is 4.90 Å². The van der Waals surface area contributed by atoms with E-state index in [0.717, 1.165) is 0 Å². The van der Waals surface area contributed by atoms with Crippen LogP contribution < -0.4 is 5.56 Å². The number of H-pyrrole nitrogens is 1. The van der Waals surface area contributed by atoms with Crippen molar-refractivity contribution in [3.8, 4) is 0 Å². The number of rotatable bonds is 3. The van der Waals surface area contributed by atoms with Gasteiger partial charge >= 0.3 is 0 Å². The van der Waals surface area contributed by atoms with Crippen molar-refractivity contribution in [1.82, 2.24) is 9.88 Å². The van der Waals surface area contributed by atoms with Gasteiger partial charge in [0.05, 0.1) is 17.1 Å². The van der Waals surface area contributed by atoms with Crippen LogP contribution in [0.5, 0.6) is 0 Å². The van der Waals surface area contributed by atoms with Gasteiger partial charge in [-0.2, -0.15) is 0 Å². The highest BCUT2D eigenvalue weighted by atomic mass is 32.2. The number of carbonyl (C=O) groups excluding carboxylic acids is 1. The van der Waals surface area contributed by atoms with Crippen molar-refractivity contribution in [2.45, 2.75) is 19.4 Å². The van der Waals surface area contributed by atoms with Crippen molar-refractivity contribution in [3.63, 3.8) is 0 Å². The van der Waals surface area contributed by atoms with E-state index in [-0.39, 0.29) is 29.0 Å². The van der Waals surface area contributed by atoms with Crippen molar-refractivity contribution < 1.29 is 13.2 Å². The van der Waals surface area contributed by atoms with E-state index in [9.17, 15) is 18.0 Å². The third kappa shape index (κ3) is 3.04. The average molecular weight is 284 g/mol. The van der Waals surface area contributed by atoms with Gasteiger partial charge in [-0.25, -0.2) is 8.42 Å². The molecule has 1 fully saturated rings. The zero-order valence-electron chi connectivity index (χ0n) is 10.6. The molecule has 1 aliphatic heterocycles. The highest BCUT2D eigenvalue weighted by Gasteiger charge is 2.34. The summed E-state index contributed by atoms with van der Waals surface area (Å²) in [7, 11) is -3.02. The minimum atomic E-state index is -3.02. The number of carbonyl (C=O) groups is 1. The quantitative estimate of drug-likeness (QED) is 0.848. The van der Waals surface area contributed by atoms with Crippen molar-refractivity contribution in [2.24, 2.45) is 0 Å². The molecule has 1 aromatic rings. The van der Waals surface area contributed by atoms with Crippen molar-refractivity contribution in [1.29, 1.82) is 0 Å². The maximum Gasteiger partial charge on any atom is 0.255 e. The third-order valence-corrected chi connectivity index (χ3v) is 5.03. The second-order valence-corrected chi connectivity index (χ2v) is 6.82. The molecule has 2 rings (SSSR count). The molecule has 1 saturated heterocycles. The molecule has 0 aromatic carbocycles. The lowest BCUT2D eigenvalue weighted by Crippen LogP contribution is -2.41. The minimum Gasteiger partial charge on any atom is -0.335 e. The first kappa shape index (κ1) is 13.8. The van der Waals surface area contributed by atoms with Gasteiger partial charge in [-0.05, 0) is 19.4 Å². The molecule has 2 heterocycles. The van der Waals surface area contributed by atoms with Gasteiger partial charge in [-0.15, -0.1) is 0 Å². The Bertz CT molecular complexity index is 615. The summed E-state index contributed by atoms with van der Waals surface area (Å²) < 4.78 is 23.0. The number of nitrogens with one attached hydrogen (secondary N) is 1. The highest BCUT2D eigenvalue weighted by molar-refractivity contribution is 7.91. The molecule has 19 heavy (non-hydrogen) atoms. The van der Waals surface area contributed by atoms with Crippen molar-refractivity contribution in [3.05, 3.63) is 34.2 Å². The van der Waals surface area contributed by atoms with Gasteiger partial charge in [0.15, 0.2) is 9.84 Å². The van der Waals surface area contributed by atoms with E-state index in [1.165, 1.54) is 18.3 Å². The molecule has 6 nitrogen and oxygen atoms in total. The van der Waals surface area contributed by atoms with Gasteiger partial charge in [0.2, 0.25) is 5.56 Å². The van der Waals surface area contributed by atoms with E-state index < -0.39 is 9.84 Å². The second kappa shape index (κ2) is 5.16. The van der Waals surface area contributed by atoms with Gasteiger partial charge in [-0.3, -0.25) is 9.59 Å². The zero-order valence-corrected chi connectivity index (χ0v) is 11.4. The maximum absolute atomic E-state index is 12.3. The molecule has 104 valence electrons. The van der Waals surface area contributed by atoms with E-state index in [2.05, 4.69) is 4.98 Å².